The lowest BCUT2D eigenvalue weighted by Crippen LogP contribution is -2.41. The summed E-state index contributed by atoms with van der Waals surface area (Å²) in [5.41, 5.74) is -1.12. The number of aromatic hydroxyl groups is 1. The van der Waals surface area contributed by atoms with E-state index in [4.69, 9.17) is 4.74 Å². The van der Waals surface area contributed by atoms with Gasteiger partial charge in [0.05, 0.1) is 6.61 Å². The number of esters is 1. The van der Waals surface area contributed by atoms with Crippen LogP contribution in [0.15, 0.2) is 4.79 Å². The van der Waals surface area contributed by atoms with E-state index in [0.29, 0.717) is 18.8 Å². The Bertz CT molecular complexity index is 604. The fourth-order valence-electron chi connectivity index (χ4n) is 2.91. The van der Waals surface area contributed by atoms with Crippen molar-refractivity contribution in [3.05, 3.63) is 21.9 Å². The van der Waals surface area contributed by atoms with Gasteiger partial charge in [0.25, 0.3) is 5.56 Å². The maximum absolute atomic E-state index is 11.9. The second kappa shape index (κ2) is 7.56. The number of nitrogens with one attached hydrogen (secondary N) is 1. The molecule has 0 aliphatic carbocycles. The summed E-state index contributed by atoms with van der Waals surface area (Å²) in [6, 6.07) is 0. The van der Waals surface area contributed by atoms with Crippen molar-refractivity contribution < 1.29 is 19.7 Å². The average Bonchev–Trinajstić information content (AvgIpc) is 2.56. The van der Waals surface area contributed by atoms with Crippen LogP contribution in [0.3, 0.4) is 0 Å². The minimum Gasteiger partial charge on any atom is -0.501 e. The molecule has 1 aliphatic heterocycles. The zero-order chi connectivity index (χ0) is 17.0. The number of piperidine rings is 1. The Hall–Kier alpha value is -1.93. The molecule has 8 nitrogen and oxygen atoms in total. The van der Waals surface area contributed by atoms with Crippen LogP contribution in [0.4, 0.5) is 0 Å². The lowest BCUT2D eigenvalue weighted by molar-refractivity contribution is 0.0513. The molecule has 1 aromatic heterocycles. The van der Waals surface area contributed by atoms with Crippen LogP contribution < -0.4 is 5.56 Å². The Morgan fingerprint density at radius 2 is 2.17 bits per heavy atom. The number of aromatic amines is 1. The second-order valence-corrected chi connectivity index (χ2v) is 5.70. The molecule has 2 rings (SSSR count). The third-order valence-corrected chi connectivity index (χ3v) is 4.09. The Labute approximate surface area is 134 Å². The smallest absolute Gasteiger partial charge is 0.361 e. The molecule has 0 aromatic carbocycles. The van der Waals surface area contributed by atoms with E-state index in [-0.39, 0.29) is 30.7 Å². The first-order valence-electron chi connectivity index (χ1n) is 7.83. The molecule has 0 bridgehead atoms. The standard InChI is InChI=1S/C15H23N3O5/c1-3-18-6-9(8-19)5-10(7-18)13-16-11(15(22)23-4-2)12(20)14(21)17-13/h9-10,19-20H,3-8H2,1-2H3,(H,16,17,21). The normalized spacial score (nSPS) is 22.0. The number of rotatable bonds is 5. The van der Waals surface area contributed by atoms with E-state index < -0.39 is 17.3 Å². The monoisotopic (exact) mass is 325 g/mol. The third kappa shape index (κ3) is 3.89. The summed E-state index contributed by atoms with van der Waals surface area (Å²) in [7, 11) is 0. The number of aromatic nitrogens is 2. The van der Waals surface area contributed by atoms with Crippen LogP contribution in [0.5, 0.6) is 5.75 Å². The van der Waals surface area contributed by atoms with Gasteiger partial charge in [0, 0.05) is 25.6 Å². The molecule has 23 heavy (non-hydrogen) atoms. The van der Waals surface area contributed by atoms with E-state index >= 15 is 0 Å². The van der Waals surface area contributed by atoms with Crippen LogP contribution in [-0.4, -0.2) is 63.9 Å². The van der Waals surface area contributed by atoms with Crippen molar-refractivity contribution >= 4 is 5.97 Å². The topological polar surface area (TPSA) is 116 Å². The van der Waals surface area contributed by atoms with Crippen molar-refractivity contribution in [2.75, 3.05) is 32.8 Å². The predicted molar refractivity (Wildman–Crippen MR) is 82.5 cm³/mol. The number of likely N-dealkylation sites (tertiary alicyclic amines) is 1. The van der Waals surface area contributed by atoms with E-state index in [9.17, 15) is 19.8 Å². The van der Waals surface area contributed by atoms with Gasteiger partial charge in [0.15, 0.2) is 5.69 Å². The predicted octanol–water partition coefficient (Wildman–Crippen LogP) is 0.0699. The summed E-state index contributed by atoms with van der Waals surface area (Å²) in [6.07, 6.45) is 0.656. The highest BCUT2D eigenvalue weighted by Crippen LogP contribution is 2.28. The first-order valence-corrected chi connectivity index (χ1v) is 7.83. The second-order valence-electron chi connectivity index (χ2n) is 5.70. The molecule has 1 saturated heterocycles. The molecule has 0 radical (unpaired) electrons. The van der Waals surface area contributed by atoms with Crippen LogP contribution in [0.2, 0.25) is 0 Å². The molecule has 0 amide bonds. The number of hydrogen-bond acceptors (Lipinski definition) is 7. The molecule has 3 N–H and O–H groups in total. The minimum absolute atomic E-state index is 0.0556. The highest BCUT2D eigenvalue weighted by Gasteiger charge is 2.30. The Morgan fingerprint density at radius 1 is 1.43 bits per heavy atom. The number of aliphatic hydroxyl groups excluding tert-OH is 1. The van der Waals surface area contributed by atoms with Gasteiger partial charge in [0.2, 0.25) is 5.75 Å². The van der Waals surface area contributed by atoms with Gasteiger partial charge in [-0.3, -0.25) is 4.79 Å². The van der Waals surface area contributed by atoms with Crippen LogP contribution in [0.25, 0.3) is 0 Å². The molecule has 2 atom stereocenters. The molecule has 0 saturated carbocycles. The van der Waals surface area contributed by atoms with Gasteiger partial charge in [-0.05, 0) is 25.8 Å². The number of hydrogen-bond donors (Lipinski definition) is 3. The van der Waals surface area contributed by atoms with E-state index in [2.05, 4.69) is 14.9 Å². The summed E-state index contributed by atoms with van der Waals surface area (Å²) >= 11 is 0. The average molecular weight is 325 g/mol. The van der Waals surface area contributed by atoms with Gasteiger partial charge >= 0.3 is 5.97 Å². The van der Waals surface area contributed by atoms with E-state index in [1.807, 2.05) is 6.92 Å². The molecule has 2 heterocycles. The molecule has 0 spiro atoms. The molecule has 2 unspecified atom stereocenters. The Kier molecular flexibility index (Phi) is 5.73. The van der Waals surface area contributed by atoms with E-state index in [1.165, 1.54) is 0 Å². The van der Waals surface area contributed by atoms with Crippen molar-refractivity contribution in [1.82, 2.24) is 14.9 Å². The van der Waals surface area contributed by atoms with Gasteiger partial charge in [0.1, 0.15) is 5.82 Å². The minimum atomic E-state index is -0.820. The first-order chi connectivity index (χ1) is 11.0. The van der Waals surface area contributed by atoms with Gasteiger partial charge < -0.3 is 24.8 Å². The molecular weight excluding hydrogens is 302 g/mol. The van der Waals surface area contributed by atoms with Gasteiger partial charge in [-0.15, -0.1) is 0 Å². The Morgan fingerprint density at radius 3 is 2.78 bits per heavy atom. The van der Waals surface area contributed by atoms with Crippen LogP contribution in [0, 0.1) is 5.92 Å². The zero-order valence-electron chi connectivity index (χ0n) is 13.4. The van der Waals surface area contributed by atoms with Crippen molar-refractivity contribution in [3.63, 3.8) is 0 Å². The highest BCUT2D eigenvalue weighted by molar-refractivity contribution is 5.89. The first kappa shape index (κ1) is 17.4. The summed E-state index contributed by atoms with van der Waals surface area (Å²) in [4.78, 5) is 32.6. The quantitative estimate of drug-likeness (QED) is 0.656. The van der Waals surface area contributed by atoms with Crippen LogP contribution >= 0.6 is 0 Å². The van der Waals surface area contributed by atoms with Crippen molar-refractivity contribution in [2.45, 2.75) is 26.2 Å². The Balaban J connectivity index is 2.35. The lowest BCUT2D eigenvalue weighted by Gasteiger charge is -2.36. The lowest BCUT2D eigenvalue weighted by atomic mass is 9.89. The van der Waals surface area contributed by atoms with Gasteiger partial charge in [-0.25, -0.2) is 9.78 Å². The third-order valence-electron chi connectivity index (χ3n) is 4.09. The number of carbonyl (C=O) groups excluding carboxylic acids is 1. The maximum Gasteiger partial charge on any atom is 0.361 e. The van der Waals surface area contributed by atoms with E-state index in [1.54, 1.807) is 6.92 Å². The number of H-pyrrole nitrogens is 1. The number of ether oxygens (including phenoxy) is 1. The molecule has 1 aliphatic rings. The molecule has 1 aromatic rings. The highest BCUT2D eigenvalue weighted by atomic mass is 16.5. The summed E-state index contributed by atoms with van der Waals surface area (Å²) < 4.78 is 4.83. The summed E-state index contributed by atoms with van der Waals surface area (Å²) in [6.45, 7) is 6.12. The SMILES string of the molecule is CCOC(=O)c1nc(C2CC(CO)CN(CC)C2)[nH]c(=O)c1O. The van der Waals surface area contributed by atoms with Crippen molar-refractivity contribution in [2.24, 2.45) is 5.92 Å². The number of nitrogens with zero attached hydrogens (tertiary/aromatic N) is 2. The fourth-order valence-corrected chi connectivity index (χ4v) is 2.91. The largest absolute Gasteiger partial charge is 0.501 e. The molecule has 8 heteroatoms. The number of carbonyl (C=O) groups is 1. The van der Waals surface area contributed by atoms with Crippen molar-refractivity contribution in [1.29, 1.82) is 0 Å². The van der Waals surface area contributed by atoms with Gasteiger partial charge in [-0.2, -0.15) is 0 Å². The van der Waals surface area contributed by atoms with Gasteiger partial charge in [-0.1, -0.05) is 6.92 Å². The van der Waals surface area contributed by atoms with E-state index in [0.717, 1.165) is 13.1 Å². The van der Waals surface area contributed by atoms with Crippen LogP contribution in [-0.2, 0) is 4.74 Å². The zero-order valence-corrected chi connectivity index (χ0v) is 13.4. The summed E-state index contributed by atoms with van der Waals surface area (Å²) in [5.74, 6) is -1.25. The molecule has 1 fully saturated rings. The number of likely N-dealkylation sites (N-methyl/N-ethyl adjacent to an activating group) is 1. The van der Waals surface area contributed by atoms with Crippen LogP contribution in [0.1, 0.15) is 42.5 Å². The number of aliphatic hydroxyl groups is 1. The van der Waals surface area contributed by atoms with Crippen molar-refractivity contribution in [3.8, 4) is 5.75 Å². The molecule has 128 valence electrons. The summed E-state index contributed by atoms with van der Waals surface area (Å²) in [5, 5.41) is 19.2. The fraction of sp³-hybridized carbons (Fsp3) is 0.667. The molecular formula is C15H23N3O5. The maximum atomic E-state index is 11.9.